The molecule has 29 heavy (non-hydrogen) atoms. The summed E-state index contributed by atoms with van der Waals surface area (Å²) in [5, 5.41) is 2.64. The molecule has 2 heterocycles. The van der Waals surface area contributed by atoms with E-state index in [9.17, 15) is 9.59 Å². The Balaban J connectivity index is 1.67. The zero-order valence-electron chi connectivity index (χ0n) is 16.2. The van der Waals surface area contributed by atoms with Gasteiger partial charge in [0.05, 0.1) is 6.04 Å². The highest BCUT2D eigenvalue weighted by molar-refractivity contribution is 6.39. The minimum absolute atomic E-state index is 0.258. The molecular formula is C23H20N4O2. The van der Waals surface area contributed by atoms with Gasteiger partial charge in [-0.05, 0) is 60.9 Å². The van der Waals surface area contributed by atoms with Crippen molar-refractivity contribution < 1.29 is 9.59 Å². The first kappa shape index (κ1) is 19.8. The van der Waals surface area contributed by atoms with Crippen LogP contribution in [0.3, 0.4) is 0 Å². The van der Waals surface area contributed by atoms with Crippen molar-refractivity contribution in [2.75, 3.05) is 12.4 Å². The molecule has 3 rings (SSSR count). The van der Waals surface area contributed by atoms with Crippen molar-refractivity contribution in [1.82, 2.24) is 14.9 Å². The number of likely N-dealkylation sites (N-methyl/N-ethyl adjacent to an activating group) is 1. The van der Waals surface area contributed by atoms with Crippen LogP contribution in [-0.2, 0) is 9.59 Å². The van der Waals surface area contributed by atoms with Gasteiger partial charge in [-0.15, -0.1) is 0 Å². The van der Waals surface area contributed by atoms with E-state index in [2.05, 4.69) is 27.1 Å². The second kappa shape index (κ2) is 9.29. The monoisotopic (exact) mass is 384 g/mol. The normalized spacial score (nSPS) is 11.0. The Kier molecular flexibility index (Phi) is 6.33. The van der Waals surface area contributed by atoms with E-state index < -0.39 is 11.8 Å². The van der Waals surface area contributed by atoms with Crippen molar-refractivity contribution in [1.29, 1.82) is 0 Å². The van der Waals surface area contributed by atoms with Gasteiger partial charge in [0.25, 0.3) is 0 Å². The maximum absolute atomic E-state index is 12.5. The quantitative estimate of drug-likeness (QED) is 0.556. The smallest absolute Gasteiger partial charge is 0.313 e. The van der Waals surface area contributed by atoms with Gasteiger partial charge in [-0.3, -0.25) is 14.6 Å². The SMILES string of the molecule is CC(c1ccncc1)N(C)C(=O)C(=O)Nc1cccc(C#Cc2ccccn2)c1. The molecule has 1 atom stereocenters. The lowest BCUT2D eigenvalue weighted by molar-refractivity contribution is -0.143. The van der Waals surface area contributed by atoms with Crippen LogP contribution in [0.2, 0.25) is 0 Å². The highest BCUT2D eigenvalue weighted by Gasteiger charge is 2.23. The summed E-state index contributed by atoms with van der Waals surface area (Å²) in [4.78, 5) is 34.5. The Labute approximate surface area is 169 Å². The Hall–Kier alpha value is -3.98. The highest BCUT2D eigenvalue weighted by Crippen LogP contribution is 2.18. The second-order valence-electron chi connectivity index (χ2n) is 6.37. The summed E-state index contributed by atoms with van der Waals surface area (Å²) in [6.45, 7) is 1.86. The molecule has 6 nitrogen and oxygen atoms in total. The molecule has 0 spiro atoms. The lowest BCUT2D eigenvalue weighted by Crippen LogP contribution is -2.38. The molecule has 2 aromatic heterocycles. The van der Waals surface area contributed by atoms with Gasteiger partial charge in [0.2, 0.25) is 0 Å². The molecule has 0 aliphatic rings. The molecule has 0 fully saturated rings. The molecule has 0 saturated carbocycles. The van der Waals surface area contributed by atoms with Gasteiger partial charge in [0, 0.05) is 36.9 Å². The molecule has 6 heteroatoms. The van der Waals surface area contributed by atoms with Crippen LogP contribution in [-0.4, -0.2) is 33.7 Å². The molecule has 0 radical (unpaired) electrons. The number of pyridine rings is 2. The fourth-order valence-electron chi connectivity index (χ4n) is 2.63. The summed E-state index contributed by atoms with van der Waals surface area (Å²) in [6.07, 6.45) is 4.99. The van der Waals surface area contributed by atoms with Crippen LogP contribution in [0.1, 0.15) is 29.8 Å². The van der Waals surface area contributed by atoms with Crippen molar-refractivity contribution in [3.63, 3.8) is 0 Å². The van der Waals surface area contributed by atoms with E-state index in [4.69, 9.17) is 0 Å². The first-order valence-corrected chi connectivity index (χ1v) is 9.06. The number of rotatable bonds is 3. The molecular weight excluding hydrogens is 364 g/mol. The maximum atomic E-state index is 12.5. The Morgan fingerprint density at radius 2 is 1.79 bits per heavy atom. The Morgan fingerprint density at radius 3 is 2.52 bits per heavy atom. The van der Waals surface area contributed by atoms with E-state index in [1.807, 2.05) is 43.3 Å². The third kappa shape index (κ3) is 5.27. The number of hydrogen-bond acceptors (Lipinski definition) is 4. The summed E-state index contributed by atoms with van der Waals surface area (Å²) in [6, 6.07) is 15.9. The molecule has 3 aromatic rings. The fraction of sp³-hybridized carbons (Fsp3) is 0.130. The predicted molar refractivity (Wildman–Crippen MR) is 111 cm³/mol. The summed E-state index contributed by atoms with van der Waals surface area (Å²) in [5.74, 6) is 4.63. The lowest BCUT2D eigenvalue weighted by atomic mass is 10.1. The van der Waals surface area contributed by atoms with Gasteiger partial charge in [-0.25, -0.2) is 4.98 Å². The van der Waals surface area contributed by atoms with Crippen LogP contribution >= 0.6 is 0 Å². The van der Waals surface area contributed by atoms with E-state index in [1.165, 1.54) is 4.90 Å². The number of benzene rings is 1. The summed E-state index contributed by atoms with van der Waals surface area (Å²) in [5.41, 5.74) is 2.76. The van der Waals surface area contributed by atoms with Crippen LogP contribution in [0, 0.1) is 11.8 Å². The number of nitrogens with one attached hydrogen (secondary N) is 1. The first-order chi connectivity index (χ1) is 14.0. The maximum Gasteiger partial charge on any atom is 0.313 e. The zero-order valence-corrected chi connectivity index (χ0v) is 16.2. The van der Waals surface area contributed by atoms with Crippen molar-refractivity contribution in [3.05, 3.63) is 90.0 Å². The number of anilines is 1. The van der Waals surface area contributed by atoms with Gasteiger partial charge in [-0.1, -0.05) is 18.1 Å². The average molecular weight is 384 g/mol. The van der Waals surface area contributed by atoms with E-state index >= 15 is 0 Å². The van der Waals surface area contributed by atoms with Crippen molar-refractivity contribution in [2.24, 2.45) is 0 Å². The van der Waals surface area contributed by atoms with Gasteiger partial charge in [-0.2, -0.15) is 0 Å². The minimum atomic E-state index is -0.705. The number of carbonyl (C=O) groups is 2. The van der Waals surface area contributed by atoms with Gasteiger partial charge in [0.15, 0.2) is 0 Å². The number of nitrogens with zero attached hydrogens (tertiary/aromatic N) is 3. The first-order valence-electron chi connectivity index (χ1n) is 9.06. The Bertz CT molecular complexity index is 1060. The average Bonchev–Trinajstić information content (AvgIpc) is 2.77. The molecule has 0 bridgehead atoms. The van der Waals surface area contributed by atoms with E-state index in [1.54, 1.807) is 43.8 Å². The van der Waals surface area contributed by atoms with E-state index in [-0.39, 0.29) is 6.04 Å². The minimum Gasteiger partial charge on any atom is -0.331 e. The molecule has 1 N–H and O–H groups in total. The number of aromatic nitrogens is 2. The third-order valence-corrected chi connectivity index (χ3v) is 4.40. The fourth-order valence-corrected chi connectivity index (χ4v) is 2.63. The van der Waals surface area contributed by atoms with E-state index in [0.29, 0.717) is 16.9 Å². The van der Waals surface area contributed by atoms with Crippen LogP contribution in [0.4, 0.5) is 5.69 Å². The highest BCUT2D eigenvalue weighted by atomic mass is 16.2. The van der Waals surface area contributed by atoms with Crippen molar-refractivity contribution in [2.45, 2.75) is 13.0 Å². The van der Waals surface area contributed by atoms with Crippen LogP contribution in [0.5, 0.6) is 0 Å². The predicted octanol–water partition coefficient (Wildman–Crippen LogP) is 3.03. The number of carbonyl (C=O) groups excluding carboxylic acids is 2. The van der Waals surface area contributed by atoms with Crippen LogP contribution in [0.15, 0.2) is 73.2 Å². The molecule has 0 aliphatic heterocycles. The summed E-state index contributed by atoms with van der Waals surface area (Å²) in [7, 11) is 1.60. The number of hydrogen-bond donors (Lipinski definition) is 1. The molecule has 1 aromatic carbocycles. The molecule has 0 saturated heterocycles. The van der Waals surface area contributed by atoms with Crippen LogP contribution in [0.25, 0.3) is 0 Å². The summed E-state index contributed by atoms with van der Waals surface area (Å²) >= 11 is 0. The Morgan fingerprint density at radius 1 is 1.00 bits per heavy atom. The third-order valence-electron chi connectivity index (χ3n) is 4.40. The number of amides is 2. The summed E-state index contributed by atoms with van der Waals surface area (Å²) < 4.78 is 0. The largest absolute Gasteiger partial charge is 0.331 e. The van der Waals surface area contributed by atoms with Crippen molar-refractivity contribution >= 4 is 17.5 Å². The van der Waals surface area contributed by atoms with Crippen LogP contribution < -0.4 is 5.32 Å². The van der Waals surface area contributed by atoms with E-state index in [0.717, 1.165) is 5.56 Å². The topological polar surface area (TPSA) is 75.2 Å². The standard InChI is InChI=1S/C23H20N4O2/c1-17(19-11-14-24-15-12-19)27(2)23(29)22(28)26-21-8-5-6-18(16-21)9-10-20-7-3-4-13-25-20/h3-8,11-17H,1-2H3,(H,26,28). The molecule has 144 valence electrons. The zero-order chi connectivity index (χ0) is 20.6. The van der Waals surface area contributed by atoms with Crippen molar-refractivity contribution in [3.8, 4) is 11.8 Å². The molecule has 0 aliphatic carbocycles. The lowest BCUT2D eigenvalue weighted by Gasteiger charge is -2.24. The van der Waals surface area contributed by atoms with Gasteiger partial charge < -0.3 is 10.2 Å². The van der Waals surface area contributed by atoms with Gasteiger partial charge >= 0.3 is 11.8 Å². The molecule has 2 amide bonds. The molecule has 1 unspecified atom stereocenters. The second-order valence-corrected chi connectivity index (χ2v) is 6.37. The van der Waals surface area contributed by atoms with Gasteiger partial charge in [0.1, 0.15) is 5.69 Å².